The normalized spacial score (nSPS) is 14.2. The van der Waals surface area contributed by atoms with E-state index in [-0.39, 0.29) is 0 Å². The van der Waals surface area contributed by atoms with Gasteiger partial charge in [-0.25, -0.2) is 4.98 Å². The Labute approximate surface area is 164 Å². The Morgan fingerprint density at radius 3 is 2.61 bits per heavy atom. The molecule has 6 nitrogen and oxygen atoms in total. The lowest BCUT2D eigenvalue weighted by atomic mass is 9.96. The fourth-order valence-electron chi connectivity index (χ4n) is 3.47. The molecule has 3 aromatic rings. The molecule has 1 aliphatic rings. The molecule has 0 aliphatic heterocycles. The molecule has 0 atom stereocenters. The molecular weight excluding hydrogens is 348 g/mol. The van der Waals surface area contributed by atoms with E-state index < -0.39 is 0 Å². The van der Waals surface area contributed by atoms with E-state index in [0.29, 0.717) is 23.4 Å². The van der Waals surface area contributed by atoms with Gasteiger partial charge in [-0.3, -0.25) is 4.98 Å². The summed E-state index contributed by atoms with van der Waals surface area (Å²) in [6.45, 7) is 0. The van der Waals surface area contributed by atoms with Crippen LogP contribution in [0.3, 0.4) is 0 Å². The van der Waals surface area contributed by atoms with Crippen LogP contribution in [0, 0.1) is 11.3 Å². The predicted molar refractivity (Wildman–Crippen MR) is 110 cm³/mol. The third-order valence-corrected chi connectivity index (χ3v) is 4.86. The number of aromatic nitrogens is 3. The van der Waals surface area contributed by atoms with Crippen LogP contribution in [0.4, 0.5) is 17.5 Å². The summed E-state index contributed by atoms with van der Waals surface area (Å²) in [5.74, 6) is 1.28. The zero-order valence-electron chi connectivity index (χ0n) is 15.6. The van der Waals surface area contributed by atoms with Gasteiger partial charge < -0.3 is 10.6 Å². The first-order valence-electron chi connectivity index (χ1n) is 9.64. The van der Waals surface area contributed by atoms with E-state index in [2.05, 4.69) is 26.7 Å². The first-order chi connectivity index (χ1) is 13.8. The Hall–Kier alpha value is -3.46. The number of hydrogen-bond acceptors (Lipinski definition) is 6. The molecule has 2 aromatic heterocycles. The quantitative estimate of drug-likeness (QED) is 0.664. The van der Waals surface area contributed by atoms with Crippen LogP contribution in [0.5, 0.6) is 0 Å². The van der Waals surface area contributed by atoms with E-state index in [4.69, 9.17) is 10.2 Å². The zero-order chi connectivity index (χ0) is 19.2. The highest BCUT2D eigenvalue weighted by Crippen LogP contribution is 2.25. The molecule has 0 spiro atoms. The van der Waals surface area contributed by atoms with E-state index in [1.807, 2.05) is 36.4 Å². The Balaban J connectivity index is 1.65. The van der Waals surface area contributed by atoms with Crippen molar-refractivity contribution in [2.24, 2.45) is 0 Å². The molecular formula is C22H22N6. The second-order valence-corrected chi connectivity index (χ2v) is 6.97. The third kappa shape index (κ3) is 4.44. The van der Waals surface area contributed by atoms with Gasteiger partial charge in [-0.15, -0.1) is 0 Å². The molecule has 140 valence electrons. The molecule has 1 fully saturated rings. The average molecular weight is 370 g/mol. The zero-order valence-corrected chi connectivity index (χ0v) is 15.6. The number of hydrogen-bond donors (Lipinski definition) is 2. The van der Waals surface area contributed by atoms with Gasteiger partial charge in [-0.1, -0.05) is 31.4 Å². The third-order valence-electron chi connectivity index (χ3n) is 4.86. The van der Waals surface area contributed by atoms with Gasteiger partial charge >= 0.3 is 0 Å². The molecule has 0 radical (unpaired) electrons. The number of anilines is 3. The lowest BCUT2D eigenvalue weighted by molar-refractivity contribution is 0.461. The molecule has 1 aromatic carbocycles. The first kappa shape index (κ1) is 17.9. The summed E-state index contributed by atoms with van der Waals surface area (Å²) in [7, 11) is 0. The van der Waals surface area contributed by atoms with Gasteiger partial charge in [-0.05, 0) is 43.2 Å². The van der Waals surface area contributed by atoms with Crippen LogP contribution in [-0.2, 0) is 0 Å². The molecule has 1 saturated carbocycles. The van der Waals surface area contributed by atoms with Crippen LogP contribution in [0.25, 0.3) is 11.4 Å². The number of nitrogens with one attached hydrogen (secondary N) is 2. The summed E-state index contributed by atoms with van der Waals surface area (Å²) in [5.41, 5.74) is 2.97. The molecule has 0 amide bonds. The van der Waals surface area contributed by atoms with E-state index in [9.17, 15) is 0 Å². The van der Waals surface area contributed by atoms with Gasteiger partial charge in [-0.2, -0.15) is 10.2 Å². The van der Waals surface area contributed by atoms with Gasteiger partial charge in [0.25, 0.3) is 0 Å². The minimum atomic E-state index is 0.405. The maximum atomic E-state index is 9.13. The number of benzene rings is 1. The fraction of sp³-hybridized carbons (Fsp3) is 0.273. The highest BCUT2D eigenvalue weighted by Gasteiger charge is 2.16. The van der Waals surface area contributed by atoms with Crippen molar-refractivity contribution < 1.29 is 0 Å². The lowest BCUT2D eigenvalue weighted by Gasteiger charge is -2.23. The maximum Gasteiger partial charge on any atom is 0.225 e. The molecule has 1 aliphatic carbocycles. The summed E-state index contributed by atoms with van der Waals surface area (Å²) in [5, 5.41) is 15.9. The smallest absolute Gasteiger partial charge is 0.225 e. The van der Waals surface area contributed by atoms with Crippen molar-refractivity contribution in [2.75, 3.05) is 10.6 Å². The Bertz CT molecular complexity index is 974. The molecule has 4 rings (SSSR count). The SMILES string of the molecule is N#Cc1cccc(Nc2cc(-c3ccccn3)nc(NC3CCCCC3)n2)c1. The van der Waals surface area contributed by atoms with E-state index in [1.165, 1.54) is 19.3 Å². The van der Waals surface area contributed by atoms with Gasteiger partial charge in [0.15, 0.2) is 0 Å². The van der Waals surface area contributed by atoms with Crippen molar-refractivity contribution in [3.63, 3.8) is 0 Å². The monoisotopic (exact) mass is 370 g/mol. The molecule has 2 heterocycles. The first-order valence-corrected chi connectivity index (χ1v) is 9.64. The Kier molecular flexibility index (Phi) is 5.43. The van der Waals surface area contributed by atoms with Crippen LogP contribution in [0.2, 0.25) is 0 Å². The number of nitrogens with zero attached hydrogens (tertiary/aromatic N) is 4. The lowest BCUT2D eigenvalue weighted by Crippen LogP contribution is -2.23. The van der Waals surface area contributed by atoms with E-state index in [0.717, 1.165) is 29.9 Å². The standard InChI is InChI=1S/C22H22N6/c23-15-16-7-6-10-18(13-16)25-21-14-20(19-11-4-5-12-24-19)27-22(28-21)26-17-8-2-1-3-9-17/h4-7,10-14,17H,1-3,8-9H2,(H2,25,26,27,28). The molecule has 28 heavy (non-hydrogen) atoms. The van der Waals surface area contributed by atoms with Crippen LogP contribution in [-0.4, -0.2) is 21.0 Å². The van der Waals surface area contributed by atoms with Crippen molar-refractivity contribution >= 4 is 17.5 Å². The molecule has 0 bridgehead atoms. The molecule has 6 heteroatoms. The Morgan fingerprint density at radius 1 is 0.929 bits per heavy atom. The Morgan fingerprint density at radius 2 is 1.82 bits per heavy atom. The van der Waals surface area contributed by atoms with Crippen molar-refractivity contribution in [1.82, 2.24) is 15.0 Å². The van der Waals surface area contributed by atoms with Crippen LogP contribution < -0.4 is 10.6 Å². The summed E-state index contributed by atoms with van der Waals surface area (Å²) in [6.07, 6.45) is 7.83. The minimum Gasteiger partial charge on any atom is -0.351 e. The summed E-state index contributed by atoms with van der Waals surface area (Å²) in [4.78, 5) is 13.8. The van der Waals surface area contributed by atoms with Crippen LogP contribution in [0.1, 0.15) is 37.7 Å². The van der Waals surface area contributed by atoms with Gasteiger partial charge in [0, 0.05) is 24.0 Å². The van der Waals surface area contributed by atoms with Gasteiger partial charge in [0.2, 0.25) is 5.95 Å². The van der Waals surface area contributed by atoms with Crippen LogP contribution >= 0.6 is 0 Å². The highest BCUT2D eigenvalue weighted by atomic mass is 15.2. The highest BCUT2D eigenvalue weighted by molar-refractivity contribution is 5.66. The average Bonchev–Trinajstić information content (AvgIpc) is 2.75. The van der Waals surface area contributed by atoms with E-state index in [1.54, 1.807) is 18.3 Å². The van der Waals surface area contributed by atoms with Crippen molar-refractivity contribution in [2.45, 2.75) is 38.1 Å². The number of nitriles is 1. The second-order valence-electron chi connectivity index (χ2n) is 6.97. The molecule has 0 unspecified atom stereocenters. The summed E-state index contributed by atoms with van der Waals surface area (Å²) < 4.78 is 0. The molecule has 2 N–H and O–H groups in total. The fourth-order valence-corrected chi connectivity index (χ4v) is 3.47. The summed E-state index contributed by atoms with van der Waals surface area (Å²) >= 11 is 0. The van der Waals surface area contributed by atoms with Crippen molar-refractivity contribution in [3.05, 3.63) is 60.3 Å². The largest absolute Gasteiger partial charge is 0.351 e. The maximum absolute atomic E-state index is 9.13. The number of pyridine rings is 1. The van der Waals surface area contributed by atoms with Crippen molar-refractivity contribution in [1.29, 1.82) is 5.26 Å². The minimum absolute atomic E-state index is 0.405. The van der Waals surface area contributed by atoms with Crippen molar-refractivity contribution in [3.8, 4) is 17.5 Å². The topological polar surface area (TPSA) is 86.5 Å². The number of rotatable bonds is 5. The van der Waals surface area contributed by atoms with Gasteiger partial charge in [0.1, 0.15) is 5.82 Å². The van der Waals surface area contributed by atoms with E-state index >= 15 is 0 Å². The van der Waals surface area contributed by atoms with Crippen LogP contribution in [0.15, 0.2) is 54.7 Å². The second kappa shape index (κ2) is 8.49. The summed E-state index contributed by atoms with van der Waals surface area (Å²) in [6, 6.07) is 17.6. The molecule has 0 saturated heterocycles. The predicted octanol–water partition coefficient (Wildman–Crippen LogP) is 4.90. The van der Waals surface area contributed by atoms with Gasteiger partial charge in [0.05, 0.1) is 23.0 Å².